The highest BCUT2D eigenvalue weighted by Gasteiger charge is 2.38. The maximum atomic E-state index is 14.1. The van der Waals surface area contributed by atoms with Crippen LogP contribution in [0, 0.1) is 0 Å². The number of fused-ring (bicyclic) bond motifs is 1. The second-order valence-corrected chi connectivity index (χ2v) is 17.3. The molecule has 292 valence electrons. The fourth-order valence-electron chi connectivity index (χ4n) is 7.26. The first kappa shape index (κ1) is 40.7. The standard InChI is InChI=1S/C46H52N4O4S2/c1-45(2,3)54-44(53)48-38(32-56-46(34-17-9-6-10-18-34,35-19-11-7-12-20-35)36-21-13-8-14-22-36)31-47-37-24-25-39-33(30-37)16-15-23-40(39)42(51)50-28-27-49(4)43(52)41(50)26-29-55-5/h6-25,30,38,41,47H,26-29,31-32H2,1-5H3,(H,48,53)/t38-,41+/m1/s1. The highest BCUT2D eigenvalue weighted by Crippen LogP contribution is 2.48. The summed E-state index contributed by atoms with van der Waals surface area (Å²) in [5.74, 6) is 1.22. The van der Waals surface area contributed by atoms with Crippen molar-refractivity contribution in [1.29, 1.82) is 0 Å². The molecule has 8 nitrogen and oxygen atoms in total. The third-order valence-electron chi connectivity index (χ3n) is 10.00. The molecule has 0 radical (unpaired) electrons. The van der Waals surface area contributed by atoms with Gasteiger partial charge >= 0.3 is 6.09 Å². The Morgan fingerprint density at radius 3 is 2.00 bits per heavy atom. The number of anilines is 1. The monoisotopic (exact) mass is 788 g/mol. The van der Waals surface area contributed by atoms with Crippen LogP contribution in [-0.2, 0) is 14.3 Å². The molecule has 6 rings (SSSR count). The van der Waals surface area contributed by atoms with E-state index in [1.807, 2.05) is 81.6 Å². The van der Waals surface area contributed by atoms with Gasteiger partial charge in [0.25, 0.3) is 5.91 Å². The van der Waals surface area contributed by atoms with Crippen molar-refractivity contribution < 1.29 is 19.1 Å². The van der Waals surface area contributed by atoms with Gasteiger partial charge in [-0.3, -0.25) is 9.59 Å². The quantitative estimate of drug-likeness (QED) is 0.109. The first-order valence-electron chi connectivity index (χ1n) is 19.1. The molecular weight excluding hydrogens is 737 g/mol. The van der Waals surface area contributed by atoms with Gasteiger partial charge < -0.3 is 25.2 Å². The number of likely N-dealkylation sites (N-methyl/N-ethyl adjacent to an activating group) is 1. The number of benzene rings is 5. The van der Waals surface area contributed by atoms with E-state index in [-0.39, 0.29) is 17.9 Å². The smallest absolute Gasteiger partial charge is 0.407 e. The number of nitrogens with zero attached hydrogens (tertiary/aromatic N) is 2. The Morgan fingerprint density at radius 2 is 1.43 bits per heavy atom. The minimum Gasteiger partial charge on any atom is -0.444 e. The van der Waals surface area contributed by atoms with Crippen LogP contribution in [0.1, 0.15) is 54.2 Å². The maximum absolute atomic E-state index is 14.1. The number of thioether (sulfide) groups is 2. The van der Waals surface area contributed by atoms with Gasteiger partial charge in [0.1, 0.15) is 11.6 Å². The van der Waals surface area contributed by atoms with E-state index in [0.29, 0.717) is 37.4 Å². The highest BCUT2D eigenvalue weighted by molar-refractivity contribution is 8.00. The Labute approximate surface area is 339 Å². The summed E-state index contributed by atoms with van der Waals surface area (Å²) in [7, 11) is 1.81. The van der Waals surface area contributed by atoms with Gasteiger partial charge in [-0.1, -0.05) is 109 Å². The van der Waals surface area contributed by atoms with Crippen molar-refractivity contribution in [2.24, 2.45) is 0 Å². The van der Waals surface area contributed by atoms with E-state index in [0.717, 1.165) is 38.9 Å². The molecule has 0 aliphatic carbocycles. The summed E-state index contributed by atoms with van der Waals surface area (Å²) in [5, 5.41) is 8.48. The highest BCUT2D eigenvalue weighted by atomic mass is 32.2. The minimum absolute atomic E-state index is 0.00775. The lowest BCUT2D eigenvalue weighted by atomic mass is 9.84. The topological polar surface area (TPSA) is 91.0 Å². The van der Waals surface area contributed by atoms with Crippen LogP contribution in [0.25, 0.3) is 10.8 Å². The molecule has 0 spiro atoms. The number of nitrogens with one attached hydrogen (secondary N) is 2. The third-order valence-corrected chi connectivity index (χ3v) is 12.3. The minimum atomic E-state index is -0.656. The van der Waals surface area contributed by atoms with Crippen LogP contribution in [-0.4, -0.2) is 89.8 Å². The Balaban J connectivity index is 1.28. The molecule has 1 heterocycles. The van der Waals surface area contributed by atoms with Crippen molar-refractivity contribution in [2.75, 3.05) is 49.8 Å². The van der Waals surface area contributed by atoms with Crippen LogP contribution in [0.15, 0.2) is 127 Å². The van der Waals surface area contributed by atoms with E-state index in [4.69, 9.17) is 4.74 Å². The van der Waals surface area contributed by atoms with Crippen LogP contribution in [0.3, 0.4) is 0 Å². The fourth-order valence-corrected chi connectivity index (χ4v) is 9.28. The number of carbonyl (C=O) groups excluding carboxylic acids is 3. The second-order valence-electron chi connectivity index (χ2n) is 15.1. The van der Waals surface area contributed by atoms with E-state index >= 15 is 0 Å². The lowest BCUT2D eigenvalue weighted by Crippen LogP contribution is -2.57. The summed E-state index contributed by atoms with van der Waals surface area (Å²) in [6.07, 6.45) is 2.16. The molecule has 5 aromatic carbocycles. The lowest BCUT2D eigenvalue weighted by molar-refractivity contribution is -0.138. The molecule has 56 heavy (non-hydrogen) atoms. The Hall–Kier alpha value is -4.93. The number of hydrogen-bond donors (Lipinski definition) is 2. The zero-order valence-corrected chi connectivity index (χ0v) is 34.5. The molecule has 1 aliphatic rings. The zero-order valence-electron chi connectivity index (χ0n) is 32.9. The molecule has 3 amide bonds. The molecule has 2 N–H and O–H groups in total. The van der Waals surface area contributed by atoms with Crippen LogP contribution < -0.4 is 10.6 Å². The van der Waals surface area contributed by atoms with Crippen LogP contribution in [0.5, 0.6) is 0 Å². The summed E-state index contributed by atoms with van der Waals surface area (Å²) in [6, 6.07) is 42.5. The number of hydrogen-bond acceptors (Lipinski definition) is 7. The molecular formula is C46H52N4O4S2. The predicted molar refractivity (Wildman–Crippen MR) is 233 cm³/mol. The van der Waals surface area contributed by atoms with Gasteiger partial charge in [-0.2, -0.15) is 11.8 Å². The molecule has 1 fully saturated rings. The van der Waals surface area contributed by atoms with Gasteiger partial charge in [-0.05, 0) is 84.9 Å². The van der Waals surface area contributed by atoms with Gasteiger partial charge in [-0.25, -0.2) is 4.79 Å². The maximum Gasteiger partial charge on any atom is 0.407 e. The van der Waals surface area contributed by atoms with Gasteiger partial charge in [-0.15, -0.1) is 11.8 Å². The lowest BCUT2D eigenvalue weighted by Gasteiger charge is -2.39. The number of ether oxygens (including phenoxy) is 1. The van der Waals surface area contributed by atoms with E-state index in [1.54, 1.807) is 40.4 Å². The number of carbonyl (C=O) groups is 3. The van der Waals surface area contributed by atoms with Gasteiger partial charge in [0, 0.05) is 43.7 Å². The molecule has 0 unspecified atom stereocenters. The van der Waals surface area contributed by atoms with Crippen LogP contribution >= 0.6 is 23.5 Å². The summed E-state index contributed by atoms with van der Waals surface area (Å²) >= 11 is 3.45. The van der Waals surface area contributed by atoms with Crippen LogP contribution in [0.4, 0.5) is 10.5 Å². The normalized spacial score (nSPS) is 15.4. The summed E-state index contributed by atoms with van der Waals surface area (Å²) in [6.45, 7) is 7.02. The average Bonchev–Trinajstić information content (AvgIpc) is 3.20. The number of alkyl carbamates (subject to hydrolysis) is 1. The number of rotatable bonds is 14. The molecule has 5 aromatic rings. The Bertz CT molecular complexity index is 2000. The third kappa shape index (κ3) is 9.53. The first-order valence-corrected chi connectivity index (χ1v) is 21.5. The van der Waals surface area contributed by atoms with Gasteiger partial charge in [0.15, 0.2) is 0 Å². The SMILES string of the molecule is CSCC[C@H]1C(=O)N(C)CCN1C(=O)c1cccc2cc(NC[C@H](CSC(c3ccccc3)(c3ccccc3)c3ccccc3)NC(=O)OC(C)(C)C)ccc12. The van der Waals surface area contributed by atoms with Crippen molar-refractivity contribution >= 4 is 57.9 Å². The Morgan fingerprint density at radius 1 is 0.821 bits per heavy atom. The Kier molecular flexibility index (Phi) is 13.3. The molecule has 0 aromatic heterocycles. The van der Waals surface area contributed by atoms with Crippen LogP contribution in [0.2, 0.25) is 0 Å². The molecule has 2 atom stereocenters. The van der Waals surface area contributed by atoms with Crippen molar-refractivity contribution in [2.45, 2.75) is 49.6 Å². The molecule has 10 heteroatoms. The predicted octanol–water partition coefficient (Wildman–Crippen LogP) is 8.91. The summed E-state index contributed by atoms with van der Waals surface area (Å²) in [4.78, 5) is 44.0. The van der Waals surface area contributed by atoms with Crippen molar-refractivity contribution in [3.63, 3.8) is 0 Å². The average molecular weight is 789 g/mol. The van der Waals surface area contributed by atoms with E-state index in [9.17, 15) is 14.4 Å². The van der Waals surface area contributed by atoms with Gasteiger partial charge in [0.05, 0.1) is 10.8 Å². The molecule has 0 saturated carbocycles. The van der Waals surface area contributed by atoms with Crippen molar-refractivity contribution in [3.05, 3.63) is 150 Å². The first-order chi connectivity index (χ1) is 27.0. The molecule has 1 aliphatic heterocycles. The summed E-state index contributed by atoms with van der Waals surface area (Å²) in [5.41, 5.74) is 4.21. The van der Waals surface area contributed by atoms with Gasteiger partial charge in [0.2, 0.25) is 5.91 Å². The second kappa shape index (κ2) is 18.3. The van der Waals surface area contributed by atoms with E-state index in [2.05, 4.69) is 83.4 Å². The summed E-state index contributed by atoms with van der Waals surface area (Å²) < 4.78 is 5.18. The van der Waals surface area contributed by atoms with Crippen molar-refractivity contribution in [1.82, 2.24) is 15.1 Å². The van der Waals surface area contributed by atoms with Crippen molar-refractivity contribution in [3.8, 4) is 0 Å². The number of piperazine rings is 1. The van der Waals surface area contributed by atoms with E-state index < -0.39 is 22.5 Å². The molecule has 0 bridgehead atoms. The largest absolute Gasteiger partial charge is 0.444 e. The fraction of sp³-hybridized carbons (Fsp3) is 0.326. The zero-order chi connectivity index (χ0) is 39.7. The number of amides is 3. The molecule has 1 saturated heterocycles. The van der Waals surface area contributed by atoms with E-state index in [1.165, 1.54) is 0 Å².